The number of nitro benzene ring substituents is 1. The summed E-state index contributed by atoms with van der Waals surface area (Å²) in [5.41, 5.74) is 0.763. The number of esters is 1. The van der Waals surface area contributed by atoms with Gasteiger partial charge < -0.3 is 19.9 Å². The Morgan fingerprint density at radius 1 is 1.11 bits per heavy atom. The number of non-ortho nitro benzene ring substituents is 1. The first-order chi connectivity index (χ1) is 18.1. The maximum atomic E-state index is 12.9. The number of aromatic nitrogens is 3. The van der Waals surface area contributed by atoms with Crippen molar-refractivity contribution in [3.8, 4) is 0 Å². The standard InChI is InChI=1S/C25H28N6O6S/c1-5-30-22(21(15(2)3)27-23(33)16-8-7-11-19(13-16)31(35)36)28-29-25(30)38-14-20(32)26-18-10-6-9-17(12-18)24(34)37-4/h6-13,15,21H,5,14H2,1-4H3,(H,26,32)(H,27,33)/t21-/m1/s1. The molecular weight excluding hydrogens is 512 g/mol. The molecule has 1 heterocycles. The Bertz CT molecular complexity index is 1340. The summed E-state index contributed by atoms with van der Waals surface area (Å²) in [6.07, 6.45) is 0. The fourth-order valence-electron chi connectivity index (χ4n) is 3.62. The van der Waals surface area contributed by atoms with Gasteiger partial charge in [0.05, 0.1) is 29.4 Å². The lowest BCUT2D eigenvalue weighted by Gasteiger charge is -2.22. The molecule has 0 aliphatic rings. The third kappa shape index (κ3) is 6.94. The van der Waals surface area contributed by atoms with Gasteiger partial charge >= 0.3 is 5.97 Å². The molecule has 12 nitrogen and oxygen atoms in total. The van der Waals surface area contributed by atoms with Crippen molar-refractivity contribution >= 4 is 40.9 Å². The quantitative estimate of drug-likeness (QED) is 0.159. The summed E-state index contributed by atoms with van der Waals surface area (Å²) in [5, 5.41) is 25.8. The number of nitrogens with one attached hydrogen (secondary N) is 2. The molecular formula is C25H28N6O6S. The molecule has 1 aromatic heterocycles. The first-order valence-electron chi connectivity index (χ1n) is 11.7. The van der Waals surface area contributed by atoms with Crippen LogP contribution >= 0.6 is 11.8 Å². The summed E-state index contributed by atoms with van der Waals surface area (Å²) < 4.78 is 6.52. The molecule has 0 saturated heterocycles. The van der Waals surface area contributed by atoms with Gasteiger partial charge in [-0.25, -0.2) is 4.79 Å². The van der Waals surface area contributed by atoms with Crippen LogP contribution in [-0.4, -0.2) is 50.3 Å². The van der Waals surface area contributed by atoms with Gasteiger partial charge in [0.25, 0.3) is 11.6 Å². The molecule has 1 atom stereocenters. The van der Waals surface area contributed by atoms with Crippen molar-refractivity contribution in [2.24, 2.45) is 5.92 Å². The van der Waals surface area contributed by atoms with Gasteiger partial charge in [-0.3, -0.25) is 19.7 Å². The Kier molecular flexibility index (Phi) is 9.55. The number of ether oxygens (including phenoxy) is 1. The van der Waals surface area contributed by atoms with Gasteiger partial charge in [0.1, 0.15) is 0 Å². The van der Waals surface area contributed by atoms with Crippen molar-refractivity contribution < 1.29 is 24.0 Å². The molecule has 0 fully saturated rings. The number of anilines is 1. The zero-order chi connectivity index (χ0) is 27.8. The Morgan fingerprint density at radius 2 is 1.82 bits per heavy atom. The molecule has 0 spiro atoms. The number of carbonyl (C=O) groups is 3. The largest absolute Gasteiger partial charge is 0.465 e. The fourth-order valence-corrected chi connectivity index (χ4v) is 4.43. The minimum absolute atomic E-state index is 0.0347. The molecule has 0 saturated carbocycles. The van der Waals surface area contributed by atoms with Crippen molar-refractivity contribution in [3.63, 3.8) is 0 Å². The van der Waals surface area contributed by atoms with E-state index in [1.807, 2.05) is 25.3 Å². The third-order valence-corrected chi connectivity index (χ3v) is 6.48. The average molecular weight is 541 g/mol. The van der Waals surface area contributed by atoms with Crippen LogP contribution in [0.15, 0.2) is 53.7 Å². The van der Waals surface area contributed by atoms with Gasteiger partial charge in [0, 0.05) is 29.9 Å². The van der Waals surface area contributed by atoms with E-state index in [0.29, 0.717) is 28.8 Å². The number of thioether (sulfide) groups is 1. The van der Waals surface area contributed by atoms with E-state index in [0.717, 1.165) is 0 Å². The highest BCUT2D eigenvalue weighted by molar-refractivity contribution is 7.99. The molecule has 200 valence electrons. The van der Waals surface area contributed by atoms with Crippen molar-refractivity contribution in [2.45, 2.75) is 38.5 Å². The molecule has 0 aliphatic heterocycles. The number of amides is 2. The van der Waals surface area contributed by atoms with E-state index < -0.39 is 22.8 Å². The van der Waals surface area contributed by atoms with E-state index >= 15 is 0 Å². The maximum Gasteiger partial charge on any atom is 0.337 e. The summed E-state index contributed by atoms with van der Waals surface area (Å²) in [6.45, 7) is 6.21. The summed E-state index contributed by atoms with van der Waals surface area (Å²) in [6, 6.07) is 11.4. The van der Waals surface area contributed by atoms with Crippen LogP contribution in [0.25, 0.3) is 0 Å². The molecule has 0 radical (unpaired) electrons. The van der Waals surface area contributed by atoms with Gasteiger partial charge in [-0.05, 0) is 37.1 Å². The number of hydrogen-bond donors (Lipinski definition) is 2. The van der Waals surface area contributed by atoms with Crippen LogP contribution in [0, 0.1) is 16.0 Å². The first-order valence-corrected chi connectivity index (χ1v) is 12.7. The summed E-state index contributed by atoms with van der Waals surface area (Å²) in [7, 11) is 1.28. The summed E-state index contributed by atoms with van der Waals surface area (Å²) in [4.78, 5) is 47.7. The lowest BCUT2D eigenvalue weighted by molar-refractivity contribution is -0.384. The molecule has 2 N–H and O–H groups in total. The van der Waals surface area contributed by atoms with Crippen LogP contribution in [0.3, 0.4) is 0 Å². The molecule has 2 aromatic carbocycles. The smallest absolute Gasteiger partial charge is 0.337 e. The summed E-state index contributed by atoms with van der Waals surface area (Å²) in [5.74, 6) is -0.807. The van der Waals surface area contributed by atoms with E-state index in [1.165, 1.54) is 49.2 Å². The SMILES string of the molecule is CCn1c(SCC(=O)Nc2cccc(C(=O)OC)c2)nnc1[C@H](NC(=O)c1cccc([N+](=O)[O-])c1)C(C)C. The minimum Gasteiger partial charge on any atom is -0.465 e. The van der Waals surface area contributed by atoms with E-state index in [4.69, 9.17) is 4.74 Å². The highest BCUT2D eigenvalue weighted by Gasteiger charge is 2.26. The van der Waals surface area contributed by atoms with E-state index in [9.17, 15) is 24.5 Å². The summed E-state index contributed by atoms with van der Waals surface area (Å²) >= 11 is 1.18. The van der Waals surface area contributed by atoms with Gasteiger partial charge in [-0.1, -0.05) is 37.7 Å². The molecule has 0 aliphatic carbocycles. The lowest BCUT2D eigenvalue weighted by Crippen LogP contribution is -2.33. The van der Waals surface area contributed by atoms with Crippen LogP contribution < -0.4 is 10.6 Å². The molecule has 13 heteroatoms. The third-order valence-electron chi connectivity index (χ3n) is 5.51. The highest BCUT2D eigenvalue weighted by atomic mass is 32.2. The zero-order valence-corrected chi connectivity index (χ0v) is 22.2. The minimum atomic E-state index is -0.556. The van der Waals surface area contributed by atoms with Crippen LogP contribution in [0.4, 0.5) is 11.4 Å². The van der Waals surface area contributed by atoms with Gasteiger partial charge in [0.2, 0.25) is 5.91 Å². The van der Waals surface area contributed by atoms with E-state index in [2.05, 4.69) is 20.8 Å². The number of benzene rings is 2. The normalized spacial score (nSPS) is 11.6. The van der Waals surface area contributed by atoms with Crippen molar-refractivity contribution in [2.75, 3.05) is 18.2 Å². The topological polar surface area (TPSA) is 158 Å². The monoisotopic (exact) mass is 540 g/mol. The second-order valence-corrected chi connectivity index (χ2v) is 9.44. The van der Waals surface area contributed by atoms with Crippen LogP contribution in [-0.2, 0) is 16.1 Å². The molecule has 0 bridgehead atoms. The number of methoxy groups -OCH3 is 1. The van der Waals surface area contributed by atoms with Crippen molar-refractivity contribution in [1.82, 2.24) is 20.1 Å². The Balaban J connectivity index is 1.71. The van der Waals surface area contributed by atoms with Crippen LogP contribution in [0.1, 0.15) is 53.4 Å². The van der Waals surface area contributed by atoms with Crippen LogP contribution in [0.2, 0.25) is 0 Å². The Hall–Kier alpha value is -4.26. The molecule has 38 heavy (non-hydrogen) atoms. The first kappa shape index (κ1) is 28.3. The Morgan fingerprint density at radius 3 is 2.47 bits per heavy atom. The lowest BCUT2D eigenvalue weighted by atomic mass is 10.0. The molecule has 3 rings (SSSR count). The molecule has 2 amide bonds. The number of hydrogen-bond acceptors (Lipinski definition) is 9. The van der Waals surface area contributed by atoms with Crippen molar-refractivity contribution in [3.05, 3.63) is 75.6 Å². The zero-order valence-electron chi connectivity index (χ0n) is 21.3. The van der Waals surface area contributed by atoms with E-state index in [1.54, 1.807) is 18.2 Å². The van der Waals surface area contributed by atoms with Crippen molar-refractivity contribution in [1.29, 1.82) is 0 Å². The number of carbonyl (C=O) groups excluding carboxylic acids is 3. The number of rotatable bonds is 11. The molecule has 0 unspecified atom stereocenters. The van der Waals surface area contributed by atoms with Gasteiger partial charge in [0.15, 0.2) is 11.0 Å². The second kappa shape index (κ2) is 12.8. The molecule has 3 aromatic rings. The van der Waals surface area contributed by atoms with Gasteiger partial charge in [-0.15, -0.1) is 10.2 Å². The fraction of sp³-hybridized carbons (Fsp3) is 0.320. The predicted octanol–water partition coefficient (Wildman–Crippen LogP) is 3.85. The second-order valence-electron chi connectivity index (χ2n) is 8.50. The number of nitrogens with zero attached hydrogens (tertiary/aromatic N) is 4. The highest BCUT2D eigenvalue weighted by Crippen LogP contribution is 2.26. The number of nitro groups is 1. The van der Waals surface area contributed by atoms with Gasteiger partial charge in [-0.2, -0.15) is 0 Å². The predicted molar refractivity (Wildman–Crippen MR) is 141 cm³/mol. The van der Waals surface area contributed by atoms with E-state index in [-0.39, 0.29) is 28.8 Å². The van der Waals surface area contributed by atoms with Crippen LogP contribution in [0.5, 0.6) is 0 Å². The maximum absolute atomic E-state index is 12.9. The Labute approximate surface area is 223 Å². The average Bonchev–Trinajstić information content (AvgIpc) is 3.32.